The van der Waals surface area contributed by atoms with E-state index in [-0.39, 0.29) is 17.9 Å². The number of amides is 1. The molecule has 2 unspecified atom stereocenters. The van der Waals surface area contributed by atoms with Gasteiger partial charge in [-0.05, 0) is 45.2 Å². The maximum absolute atomic E-state index is 12.2. The van der Waals surface area contributed by atoms with E-state index in [9.17, 15) is 4.79 Å². The molecule has 1 N–H and O–H groups in total. The summed E-state index contributed by atoms with van der Waals surface area (Å²) in [5.41, 5.74) is 2.74. The number of nitrogens with zero attached hydrogens (tertiary/aromatic N) is 1. The fourth-order valence-corrected chi connectivity index (χ4v) is 2.26. The Morgan fingerprint density at radius 1 is 1.50 bits per heavy atom. The van der Waals surface area contributed by atoms with Crippen molar-refractivity contribution in [1.29, 1.82) is 0 Å². The fourth-order valence-electron chi connectivity index (χ4n) is 2.26. The molecule has 0 bridgehead atoms. The van der Waals surface area contributed by atoms with E-state index in [1.807, 2.05) is 26.8 Å². The Kier molecular flexibility index (Phi) is 3.97. The molecule has 98 valence electrons. The first kappa shape index (κ1) is 13.0. The minimum atomic E-state index is -0.0494. The Morgan fingerprint density at radius 2 is 2.28 bits per heavy atom. The second-order valence-corrected chi connectivity index (χ2v) is 4.95. The van der Waals surface area contributed by atoms with Crippen LogP contribution in [0, 0.1) is 19.8 Å². The van der Waals surface area contributed by atoms with Crippen molar-refractivity contribution in [2.24, 2.45) is 5.92 Å². The highest BCUT2D eigenvalue weighted by molar-refractivity contribution is 5.93. The molecule has 1 aliphatic heterocycles. The van der Waals surface area contributed by atoms with E-state index in [2.05, 4.69) is 10.3 Å². The lowest BCUT2D eigenvalue weighted by Crippen LogP contribution is -2.36. The van der Waals surface area contributed by atoms with Crippen molar-refractivity contribution in [2.75, 3.05) is 11.9 Å². The summed E-state index contributed by atoms with van der Waals surface area (Å²) in [7, 11) is 0. The average Bonchev–Trinajstić information content (AvgIpc) is 2.34. The van der Waals surface area contributed by atoms with Gasteiger partial charge in [-0.15, -0.1) is 0 Å². The number of pyridine rings is 1. The first-order chi connectivity index (χ1) is 8.58. The summed E-state index contributed by atoms with van der Waals surface area (Å²) < 4.78 is 5.53. The molecular formula is C14H20N2O2. The highest BCUT2D eigenvalue weighted by Crippen LogP contribution is 2.23. The van der Waals surface area contributed by atoms with Crippen molar-refractivity contribution in [3.05, 3.63) is 23.5 Å². The number of hydrogen-bond acceptors (Lipinski definition) is 3. The third-order valence-corrected chi connectivity index (χ3v) is 3.44. The van der Waals surface area contributed by atoms with Gasteiger partial charge >= 0.3 is 0 Å². The van der Waals surface area contributed by atoms with E-state index in [1.165, 1.54) is 0 Å². The van der Waals surface area contributed by atoms with E-state index in [0.29, 0.717) is 0 Å². The molecule has 1 aromatic rings. The van der Waals surface area contributed by atoms with E-state index >= 15 is 0 Å². The van der Waals surface area contributed by atoms with E-state index < -0.39 is 0 Å². The molecule has 1 fully saturated rings. The van der Waals surface area contributed by atoms with Gasteiger partial charge in [0.1, 0.15) is 0 Å². The summed E-state index contributed by atoms with van der Waals surface area (Å²) in [4.78, 5) is 16.4. The van der Waals surface area contributed by atoms with Crippen LogP contribution in [0.3, 0.4) is 0 Å². The third kappa shape index (κ3) is 2.88. The molecule has 2 rings (SSSR count). The summed E-state index contributed by atoms with van der Waals surface area (Å²) in [6.45, 7) is 6.59. The van der Waals surface area contributed by atoms with Crippen LogP contribution in [0.4, 0.5) is 5.69 Å². The molecule has 0 saturated carbocycles. The van der Waals surface area contributed by atoms with Gasteiger partial charge in [-0.3, -0.25) is 9.78 Å². The van der Waals surface area contributed by atoms with Gasteiger partial charge in [-0.2, -0.15) is 0 Å². The monoisotopic (exact) mass is 248 g/mol. The van der Waals surface area contributed by atoms with Crippen LogP contribution in [-0.2, 0) is 9.53 Å². The van der Waals surface area contributed by atoms with Crippen LogP contribution in [0.15, 0.2) is 12.3 Å². The zero-order valence-electron chi connectivity index (χ0n) is 11.2. The molecule has 0 aliphatic carbocycles. The zero-order chi connectivity index (χ0) is 13.1. The smallest absolute Gasteiger partial charge is 0.230 e. The molecule has 1 saturated heterocycles. The van der Waals surface area contributed by atoms with Gasteiger partial charge < -0.3 is 10.1 Å². The second kappa shape index (κ2) is 5.48. The van der Waals surface area contributed by atoms with Gasteiger partial charge in [0.15, 0.2) is 0 Å². The van der Waals surface area contributed by atoms with Crippen molar-refractivity contribution in [1.82, 2.24) is 4.98 Å². The van der Waals surface area contributed by atoms with Crippen molar-refractivity contribution in [3.8, 4) is 0 Å². The van der Waals surface area contributed by atoms with Crippen molar-refractivity contribution >= 4 is 11.6 Å². The predicted octanol–water partition coefficient (Wildman–Crippen LogP) is 2.45. The molecule has 2 atom stereocenters. The van der Waals surface area contributed by atoms with Crippen molar-refractivity contribution < 1.29 is 9.53 Å². The van der Waals surface area contributed by atoms with Crippen LogP contribution in [0.1, 0.15) is 31.0 Å². The lowest BCUT2D eigenvalue weighted by atomic mass is 9.94. The first-order valence-corrected chi connectivity index (χ1v) is 6.43. The summed E-state index contributed by atoms with van der Waals surface area (Å²) >= 11 is 0. The zero-order valence-corrected chi connectivity index (χ0v) is 11.2. The summed E-state index contributed by atoms with van der Waals surface area (Å²) in [5, 5.41) is 2.99. The van der Waals surface area contributed by atoms with Crippen LogP contribution in [0.25, 0.3) is 0 Å². The molecule has 2 heterocycles. The normalized spacial score (nSPS) is 23.7. The van der Waals surface area contributed by atoms with Crippen LogP contribution in [-0.4, -0.2) is 23.6 Å². The molecule has 4 heteroatoms. The number of rotatable bonds is 2. The topological polar surface area (TPSA) is 51.2 Å². The Hall–Kier alpha value is -1.42. The largest absolute Gasteiger partial charge is 0.378 e. The predicted molar refractivity (Wildman–Crippen MR) is 70.5 cm³/mol. The molecule has 0 spiro atoms. The number of aromatic nitrogens is 1. The minimum absolute atomic E-state index is 0.00184. The van der Waals surface area contributed by atoms with Gasteiger partial charge in [-0.1, -0.05) is 0 Å². The Labute approximate surface area is 108 Å². The van der Waals surface area contributed by atoms with Crippen LogP contribution >= 0.6 is 0 Å². The van der Waals surface area contributed by atoms with E-state index in [1.54, 1.807) is 6.20 Å². The maximum Gasteiger partial charge on any atom is 0.230 e. The fraction of sp³-hybridized carbons (Fsp3) is 0.571. The number of aryl methyl sites for hydroxylation is 2. The Bertz CT molecular complexity index is 445. The van der Waals surface area contributed by atoms with Crippen LogP contribution < -0.4 is 5.32 Å². The lowest BCUT2D eigenvalue weighted by Gasteiger charge is -2.28. The quantitative estimate of drug-likeness (QED) is 0.874. The number of hydrogen-bond donors (Lipinski definition) is 1. The van der Waals surface area contributed by atoms with Crippen LogP contribution in [0.2, 0.25) is 0 Å². The number of nitrogens with one attached hydrogen (secondary N) is 1. The third-order valence-electron chi connectivity index (χ3n) is 3.44. The molecule has 1 aliphatic rings. The highest BCUT2D eigenvalue weighted by Gasteiger charge is 2.28. The standard InChI is InChI=1S/C14H20N2O2/c1-9-8-15-10(2)7-13(9)16-14(17)12-5-4-6-18-11(12)3/h7-8,11-12H,4-6H2,1-3H3,(H,15,16,17). The van der Waals surface area contributed by atoms with Crippen LogP contribution in [0.5, 0.6) is 0 Å². The average molecular weight is 248 g/mol. The summed E-state index contributed by atoms with van der Waals surface area (Å²) in [5.74, 6) is 0.00233. The Morgan fingerprint density at radius 3 is 3.00 bits per heavy atom. The molecule has 0 radical (unpaired) electrons. The van der Waals surface area contributed by atoms with Gasteiger partial charge in [0, 0.05) is 24.2 Å². The van der Waals surface area contributed by atoms with E-state index in [0.717, 1.165) is 36.4 Å². The number of carbonyl (C=O) groups excluding carboxylic acids is 1. The van der Waals surface area contributed by atoms with Gasteiger partial charge in [-0.25, -0.2) is 0 Å². The molecule has 1 aromatic heterocycles. The lowest BCUT2D eigenvalue weighted by molar-refractivity contribution is -0.127. The Balaban J connectivity index is 2.08. The van der Waals surface area contributed by atoms with Gasteiger partial charge in [0.05, 0.1) is 12.0 Å². The first-order valence-electron chi connectivity index (χ1n) is 6.43. The summed E-state index contributed by atoms with van der Waals surface area (Å²) in [6.07, 6.45) is 3.64. The minimum Gasteiger partial charge on any atom is -0.378 e. The number of ether oxygens (including phenoxy) is 1. The number of anilines is 1. The van der Waals surface area contributed by atoms with E-state index in [4.69, 9.17) is 4.74 Å². The molecule has 18 heavy (non-hydrogen) atoms. The summed E-state index contributed by atoms with van der Waals surface area (Å²) in [6, 6.07) is 1.90. The highest BCUT2D eigenvalue weighted by atomic mass is 16.5. The molecular weight excluding hydrogens is 228 g/mol. The van der Waals surface area contributed by atoms with Gasteiger partial charge in [0.25, 0.3) is 0 Å². The molecule has 4 nitrogen and oxygen atoms in total. The number of carbonyl (C=O) groups is 1. The molecule has 1 amide bonds. The van der Waals surface area contributed by atoms with Gasteiger partial charge in [0.2, 0.25) is 5.91 Å². The van der Waals surface area contributed by atoms with Crippen molar-refractivity contribution in [3.63, 3.8) is 0 Å². The maximum atomic E-state index is 12.2. The second-order valence-electron chi connectivity index (χ2n) is 4.95. The molecule has 0 aromatic carbocycles. The van der Waals surface area contributed by atoms with Crippen molar-refractivity contribution in [2.45, 2.75) is 39.7 Å². The SMILES string of the molecule is Cc1cc(NC(=O)C2CCCOC2C)c(C)cn1.